The summed E-state index contributed by atoms with van der Waals surface area (Å²) in [7, 11) is 3.64. The van der Waals surface area contributed by atoms with Crippen LogP contribution in [-0.4, -0.2) is 67.9 Å². The minimum atomic E-state index is -0.530. The molecule has 1 aromatic rings. The summed E-state index contributed by atoms with van der Waals surface area (Å²) in [6.45, 7) is 8.92. The van der Waals surface area contributed by atoms with E-state index in [0.717, 1.165) is 62.5 Å². The van der Waals surface area contributed by atoms with Crippen molar-refractivity contribution in [1.82, 2.24) is 10.2 Å². The SMILES string of the molecule is COc1ccc(C)c2c1O[C@H]1[C@@]3(OC)CC[C@@]4(C[C@@H]3C(NC(C)C(N)=O)C3=CCCC=C3)C(C)N(CC3CC3)CC[C@]214. The maximum Gasteiger partial charge on any atom is 0.234 e. The lowest BCUT2D eigenvalue weighted by Gasteiger charge is -2.73. The number of carbonyl (C=O) groups is 1. The summed E-state index contributed by atoms with van der Waals surface area (Å²) in [6.07, 6.45) is 15.6. The highest BCUT2D eigenvalue weighted by Gasteiger charge is 2.79. The number of primary amides is 1. The highest BCUT2D eigenvalue weighted by Crippen LogP contribution is 2.75. The normalized spacial score (nSPS) is 38.1. The fourth-order valence-electron chi connectivity index (χ4n) is 10.3. The Bertz CT molecular complexity index is 1320. The minimum absolute atomic E-state index is 0.00698. The lowest BCUT2D eigenvalue weighted by atomic mass is 9.36. The van der Waals surface area contributed by atoms with E-state index in [1.54, 1.807) is 7.11 Å². The molecule has 1 saturated heterocycles. The number of rotatable bonds is 9. The predicted molar refractivity (Wildman–Crippen MR) is 164 cm³/mol. The zero-order valence-electron chi connectivity index (χ0n) is 26.1. The molecular formula is C35H49N3O4. The molecule has 7 heteroatoms. The third-order valence-electron chi connectivity index (χ3n) is 12.5. The molecule has 3 N–H and O–H groups in total. The van der Waals surface area contributed by atoms with Gasteiger partial charge in [-0.15, -0.1) is 0 Å². The molecule has 2 spiro atoms. The average molecular weight is 576 g/mol. The minimum Gasteiger partial charge on any atom is -0.493 e. The third kappa shape index (κ3) is 3.78. The van der Waals surface area contributed by atoms with Crippen molar-refractivity contribution < 1.29 is 19.0 Å². The van der Waals surface area contributed by atoms with E-state index >= 15 is 0 Å². The molecule has 7 aliphatic rings. The first-order chi connectivity index (χ1) is 20.2. The van der Waals surface area contributed by atoms with E-state index in [2.05, 4.69) is 54.4 Å². The summed E-state index contributed by atoms with van der Waals surface area (Å²) in [6, 6.07) is 4.17. The van der Waals surface area contributed by atoms with Crippen molar-refractivity contribution in [3.05, 3.63) is 47.1 Å². The van der Waals surface area contributed by atoms with Gasteiger partial charge in [-0.05, 0) is 107 Å². The fraction of sp³-hybridized carbons (Fsp3) is 0.686. The monoisotopic (exact) mass is 575 g/mol. The smallest absolute Gasteiger partial charge is 0.234 e. The molecule has 0 radical (unpaired) electrons. The zero-order valence-corrected chi connectivity index (χ0v) is 26.1. The van der Waals surface area contributed by atoms with E-state index in [1.165, 1.54) is 36.1 Å². The number of hydrogen-bond acceptors (Lipinski definition) is 6. The number of hydrogen-bond donors (Lipinski definition) is 2. The number of nitrogens with zero attached hydrogens (tertiary/aromatic N) is 1. The van der Waals surface area contributed by atoms with Crippen LogP contribution in [0.15, 0.2) is 35.9 Å². The maximum absolute atomic E-state index is 12.4. The van der Waals surface area contributed by atoms with E-state index in [9.17, 15) is 4.79 Å². The van der Waals surface area contributed by atoms with Crippen molar-refractivity contribution in [2.45, 2.75) is 107 Å². The van der Waals surface area contributed by atoms with Gasteiger partial charge in [0.2, 0.25) is 5.91 Å². The van der Waals surface area contributed by atoms with Gasteiger partial charge in [0.15, 0.2) is 11.5 Å². The van der Waals surface area contributed by atoms with Gasteiger partial charge in [0, 0.05) is 42.6 Å². The van der Waals surface area contributed by atoms with E-state index in [1.807, 2.05) is 14.0 Å². The maximum atomic E-state index is 12.4. The molecule has 7 nitrogen and oxygen atoms in total. The Balaban J connectivity index is 1.42. The molecule has 2 heterocycles. The van der Waals surface area contributed by atoms with Crippen LogP contribution < -0.4 is 20.5 Å². The number of piperidine rings is 1. The number of ether oxygens (including phenoxy) is 3. The molecule has 2 bridgehead atoms. The molecule has 5 aliphatic carbocycles. The standard InChI is InChI=1S/C35H49N3O4/c1-21-11-14-27(40-4)30-28(21)34-17-18-38(20-24-12-13-24)23(3)33(34)15-16-35(41-5,32(34)42-30)26(19-33)29(37-22(2)31(36)39)25-9-7-6-8-10-25/h7,9-11,14,22-24,26,29,32,37H,6,8,12-13,15-20H2,1-5H3,(H2,36,39)/t22?,23?,26-,29?,32-,33-,34+,35-/m1/s1. The Morgan fingerprint density at radius 3 is 2.69 bits per heavy atom. The van der Waals surface area contributed by atoms with Crippen LogP contribution >= 0.6 is 0 Å². The van der Waals surface area contributed by atoms with Crippen LogP contribution in [0.3, 0.4) is 0 Å². The number of nitrogens with two attached hydrogens (primary N) is 1. The number of aryl methyl sites for hydroxylation is 1. The summed E-state index contributed by atoms with van der Waals surface area (Å²) >= 11 is 0. The van der Waals surface area contributed by atoms with Crippen LogP contribution in [0.4, 0.5) is 0 Å². The van der Waals surface area contributed by atoms with Gasteiger partial charge in [0.25, 0.3) is 0 Å². The van der Waals surface area contributed by atoms with Crippen LogP contribution in [0.25, 0.3) is 0 Å². The number of nitrogens with one attached hydrogen (secondary N) is 1. The fourth-order valence-corrected chi connectivity index (χ4v) is 10.3. The molecule has 1 aromatic carbocycles. The second-order valence-corrected chi connectivity index (χ2v) is 14.2. The Hall–Kier alpha value is -2.35. The number of fused-ring (bicyclic) bond motifs is 3. The number of likely N-dealkylation sites (tertiary alicyclic amines) is 1. The molecule has 2 aliphatic heterocycles. The molecule has 4 saturated carbocycles. The molecule has 8 atom stereocenters. The number of benzene rings is 1. The van der Waals surface area contributed by atoms with Gasteiger partial charge < -0.3 is 19.9 Å². The molecule has 8 rings (SSSR count). The molecule has 3 unspecified atom stereocenters. The molecule has 42 heavy (non-hydrogen) atoms. The number of methoxy groups -OCH3 is 2. The van der Waals surface area contributed by atoms with Crippen LogP contribution in [0, 0.1) is 24.2 Å². The highest BCUT2D eigenvalue weighted by atomic mass is 16.6. The summed E-state index contributed by atoms with van der Waals surface area (Å²) in [5.41, 5.74) is 9.05. The van der Waals surface area contributed by atoms with Gasteiger partial charge in [0.05, 0.1) is 13.2 Å². The van der Waals surface area contributed by atoms with Crippen molar-refractivity contribution in [2.75, 3.05) is 27.3 Å². The first-order valence-electron chi connectivity index (χ1n) is 16.3. The van der Waals surface area contributed by atoms with Crippen LogP contribution in [0.2, 0.25) is 0 Å². The van der Waals surface area contributed by atoms with Gasteiger partial charge in [-0.3, -0.25) is 15.0 Å². The van der Waals surface area contributed by atoms with Gasteiger partial charge in [-0.2, -0.15) is 0 Å². The van der Waals surface area contributed by atoms with E-state index in [0.29, 0.717) is 6.04 Å². The Labute approximate surface area is 251 Å². The Morgan fingerprint density at radius 1 is 1.21 bits per heavy atom. The van der Waals surface area contributed by atoms with Gasteiger partial charge in [-0.25, -0.2) is 0 Å². The van der Waals surface area contributed by atoms with Crippen molar-refractivity contribution in [2.24, 2.45) is 23.0 Å². The van der Waals surface area contributed by atoms with E-state index in [-0.39, 0.29) is 34.8 Å². The van der Waals surface area contributed by atoms with Crippen molar-refractivity contribution in [3.8, 4) is 11.5 Å². The number of carbonyl (C=O) groups excluding carboxylic acids is 1. The average Bonchev–Trinajstić information content (AvgIpc) is 3.75. The summed E-state index contributed by atoms with van der Waals surface area (Å²) < 4.78 is 20.1. The topological polar surface area (TPSA) is 86.0 Å². The van der Waals surface area contributed by atoms with Crippen LogP contribution in [0.5, 0.6) is 11.5 Å². The number of allylic oxidation sites excluding steroid dienone is 2. The second-order valence-electron chi connectivity index (χ2n) is 14.2. The lowest BCUT2D eigenvalue weighted by molar-refractivity contribution is -0.275. The predicted octanol–water partition coefficient (Wildman–Crippen LogP) is 4.80. The van der Waals surface area contributed by atoms with Crippen LogP contribution in [0.1, 0.15) is 76.3 Å². The van der Waals surface area contributed by atoms with Crippen molar-refractivity contribution >= 4 is 5.91 Å². The van der Waals surface area contributed by atoms with E-state index < -0.39 is 11.6 Å². The Kier molecular flexibility index (Phi) is 6.84. The molecule has 5 fully saturated rings. The zero-order chi connectivity index (χ0) is 29.4. The van der Waals surface area contributed by atoms with Gasteiger partial charge in [0.1, 0.15) is 11.7 Å². The first kappa shape index (κ1) is 28.4. The third-order valence-corrected chi connectivity index (χ3v) is 12.5. The first-order valence-corrected chi connectivity index (χ1v) is 16.3. The summed E-state index contributed by atoms with van der Waals surface area (Å²) in [5.74, 6) is 2.36. The van der Waals surface area contributed by atoms with Crippen molar-refractivity contribution in [1.29, 1.82) is 0 Å². The second kappa shape index (κ2) is 10.1. The lowest BCUT2D eigenvalue weighted by Crippen LogP contribution is -2.81. The quantitative estimate of drug-likeness (QED) is 0.440. The summed E-state index contributed by atoms with van der Waals surface area (Å²) in [4.78, 5) is 15.2. The molecule has 1 amide bonds. The van der Waals surface area contributed by atoms with Gasteiger partial charge >= 0.3 is 0 Å². The summed E-state index contributed by atoms with van der Waals surface area (Å²) in [5, 5.41) is 3.72. The highest BCUT2D eigenvalue weighted by molar-refractivity contribution is 5.79. The van der Waals surface area contributed by atoms with Crippen LogP contribution in [-0.2, 0) is 14.9 Å². The largest absolute Gasteiger partial charge is 0.493 e. The molecular weight excluding hydrogens is 526 g/mol. The van der Waals surface area contributed by atoms with E-state index in [4.69, 9.17) is 19.9 Å². The number of amides is 1. The van der Waals surface area contributed by atoms with Crippen molar-refractivity contribution in [3.63, 3.8) is 0 Å². The molecule has 0 aromatic heterocycles. The van der Waals surface area contributed by atoms with Gasteiger partial charge in [-0.1, -0.05) is 24.3 Å². The Morgan fingerprint density at radius 2 is 2.02 bits per heavy atom. The molecule has 228 valence electrons.